The van der Waals surface area contributed by atoms with Gasteiger partial charge in [-0.2, -0.15) is 11.8 Å². The number of nitrogens with one attached hydrogen (secondary N) is 1. The number of rotatable bonds is 5. The summed E-state index contributed by atoms with van der Waals surface area (Å²) in [6.45, 7) is 2.48. The normalized spacial score (nSPS) is 17.3. The summed E-state index contributed by atoms with van der Waals surface area (Å²) >= 11 is 1.93. The molecule has 1 fully saturated rings. The van der Waals surface area contributed by atoms with Crippen LogP contribution in [0.15, 0.2) is 29.2 Å². The van der Waals surface area contributed by atoms with E-state index >= 15 is 0 Å². The summed E-state index contributed by atoms with van der Waals surface area (Å²) in [5.41, 5.74) is 5.86. The van der Waals surface area contributed by atoms with Crippen molar-refractivity contribution in [2.75, 3.05) is 36.9 Å². The second kappa shape index (κ2) is 7.29. The Morgan fingerprint density at radius 1 is 1.33 bits per heavy atom. The molecule has 7 heteroatoms. The average Bonchev–Trinajstić information content (AvgIpc) is 2.74. The van der Waals surface area contributed by atoms with E-state index in [-0.39, 0.29) is 16.5 Å². The first-order valence-electron chi connectivity index (χ1n) is 6.96. The molecule has 0 spiro atoms. The Balaban J connectivity index is 2.04. The average molecular weight is 327 g/mol. The van der Waals surface area contributed by atoms with Crippen molar-refractivity contribution in [3.63, 3.8) is 0 Å². The minimum Gasteiger partial charge on any atom is -0.384 e. The predicted molar refractivity (Wildman–Crippen MR) is 87.9 cm³/mol. The summed E-state index contributed by atoms with van der Waals surface area (Å²) in [5.74, 6) is 2.22. The molecule has 1 aromatic rings. The lowest BCUT2D eigenvalue weighted by Gasteiger charge is -2.19. The summed E-state index contributed by atoms with van der Waals surface area (Å²) in [6.07, 6.45) is 1.12. The predicted octanol–water partition coefficient (Wildman–Crippen LogP) is 1.18. The van der Waals surface area contributed by atoms with Crippen LogP contribution in [0, 0.1) is 5.41 Å². The van der Waals surface area contributed by atoms with Crippen LogP contribution < -0.4 is 5.73 Å². The molecule has 0 radical (unpaired) electrons. The van der Waals surface area contributed by atoms with E-state index in [1.807, 2.05) is 11.8 Å². The number of thioether (sulfide) groups is 1. The molecule has 1 aliphatic rings. The summed E-state index contributed by atoms with van der Waals surface area (Å²) in [6, 6.07) is 6.33. The van der Waals surface area contributed by atoms with E-state index in [4.69, 9.17) is 11.1 Å². The third-order valence-corrected chi connectivity index (χ3v) is 6.24. The molecule has 5 nitrogen and oxygen atoms in total. The Kier molecular flexibility index (Phi) is 5.66. The van der Waals surface area contributed by atoms with Gasteiger partial charge in [0, 0.05) is 24.4 Å². The molecule has 116 valence electrons. The monoisotopic (exact) mass is 327 g/mol. The van der Waals surface area contributed by atoms with Crippen molar-refractivity contribution in [1.29, 1.82) is 5.41 Å². The fraction of sp³-hybridized carbons (Fsp3) is 0.500. The summed E-state index contributed by atoms with van der Waals surface area (Å²) < 4.78 is 24.8. The summed E-state index contributed by atoms with van der Waals surface area (Å²) in [5, 5.41) is 7.40. The highest BCUT2D eigenvalue weighted by Gasteiger charge is 2.18. The van der Waals surface area contributed by atoms with Gasteiger partial charge in [0.1, 0.15) is 5.84 Å². The molecule has 0 atom stereocenters. The molecule has 1 saturated heterocycles. The Hall–Kier alpha value is -1.05. The highest BCUT2D eigenvalue weighted by molar-refractivity contribution is 7.99. The van der Waals surface area contributed by atoms with Crippen LogP contribution in [0.2, 0.25) is 0 Å². The Morgan fingerprint density at radius 2 is 2.14 bits per heavy atom. The van der Waals surface area contributed by atoms with Crippen LogP contribution in [0.3, 0.4) is 0 Å². The third-order valence-electron chi connectivity index (χ3n) is 3.50. The smallest absolute Gasteiger partial charge is 0.179 e. The fourth-order valence-corrected chi connectivity index (χ4v) is 4.50. The van der Waals surface area contributed by atoms with Crippen molar-refractivity contribution in [2.24, 2.45) is 5.73 Å². The van der Waals surface area contributed by atoms with E-state index in [1.54, 1.807) is 18.2 Å². The number of amidine groups is 1. The van der Waals surface area contributed by atoms with E-state index < -0.39 is 9.84 Å². The second-order valence-electron chi connectivity index (χ2n) is 5.07. The number of hydrogen-bond donors (Lipinski definition) is 2. The molecule has 21 heavy (non-hydrogen) atoms. The minimum atomic E-state index is -3.33. The third kappa shape index (κ3) is 4.72. The zero-order valence-electron chi connectivity index (χ0n) is 11.9. The van der Waals surface area contributed by atoms with Gasteiger partial charge >= 0.3 is 0 Å². The molecule has 3 N–H and O–H groups in total. The molecular weight excluding hydrogens is 306 g/mol. The van der Waals surface area contributed by atoms with Crippen molar-refractivity contribution >= 4 is 27.4 Å². The number of sulfone groups is 1. The molecule has 1 aliphatic heterocycles. The van der Waals surface area contributed by atoms with Gasteiger partial charge in [0.05, 0.1) is 10.6 Å². The van der Waals surface area contributed by atoms with Gasteiger partial charge in [-0.3, -0.25) is 5.41 Å². The molecule has 0 unspecified atom stereocenters. The molecule has 0 amide bonds. The Labute approximate surface area is 130 Å². The van der Waals surface area contributed by atoms with E-state index in [9.17, 15) is 8.42 Å². The lowest BCUT2D eigenvalue weighted by Crippen LogP contribution is -2.31. The second-order valence-corrected chi connectivity index (χ2v) is 8.40. The van der Waals surface area contributed by atoms with Gasteiger partial charge in [0.2, 0.25) is 0 Å². The van der Waals surface area contributed by atoms with Crippen molar-refractivity contribution in [3.05, 3.63) is 29.8 Å². The van der Waals surface area contributed by atoms with Crippen molar-refractivity contribution < 1.29 is 8.42 Å². The van der Waals surface area contributed by atoms with Gasteiger partial charge in [0.15, 0.2) is 9.84 Å². The molecule has 1 aromatic carbocycles. The molecule has 0 saturated carbocycles. The molecule has 0 aromatic heterocycles. The Morgan fingerprint density at radius 3 is 2.90 bits per heavy atom. The van der Waals surface area contributed by atoms with E-state index in [0.717, 1.165) is 31.0 Å². The van der Waals surface area contributed by atoms with Crippen LogP contribution in [-0.4, -0.2) is 56.0 Å². The maximum atomic E-state index is 12.4. The SMILES string of the molecule is N=C(N)c1cccc(S(=O)(=O)CCN2CCCSCC2)c1. The van der Waals surface area contributed by atoms with Crippen LogP contribution in [0.25, 0.3) is 0 Å². The van der Waals surface area contributed by atoms with Gasteiger partial charge < -0.3 is 10.6 Å². The van der Waals surface area contributed by atoms with Crippen LogP contribution in [-0.2, 0) is 9.84 Å². The quantitative estimate of drug-likeness (QED) is 0.626. The van der Waals surface area contributed by atoms with Gasteiger partial charge in [-0.25, -0.2) is 8.42 Å². The number of hydrogen-bond acceptors (Lipinski definition) is 5. The molecule has 0 bridgehead atoms. The number of nitrogen functional groups attached to an aromatic ring is 1. The number of nitrogens with zero attached hydrogens (tertiary/aromatic N) is 1. The standard InChI is InChI=1S/C14H21N3O2S2/c15-14(16)12-3-1-4-13(11-12)21(18,19)10-7-17-5-2-8-20-9-6-17/h1,3-4,11H,2,5-10H2,(H3,15,16). The first-order chi connectivity index (χ1) is 9.99. The van der Waals surface area contributed by atoms with E-state index in [2.05, 4.69) is 4.90 Å². The zero-order valence-corrected chi connectivity index (χ0v) is 13.5. The van der Waals surface area contributed by atoms with Gasteiger partial charge in [-0.05, 0) is 30.9 Å². The number of nitrogens with two attached hydrogens (primary N) is 1. The lowest BCUT2D eigenvalue weighted by atomic mass is 10.2. The summed E-state index contributed by atoms with van der Waals surface area (Å²) in [4.78, 5) is 2.46. The topological polar surface area (TPSA) is 87.2 Å². The maximum Gasteiger partial charge on any atom is 0.179 e. The minimum absolute atomic E-state index is 0.110. The van der Waals surface area contributed by atoms with E-state index in [0.29, 0.717) is 12.1 Å². The fourth-order valence-electron chi connectivity index (χ4n) is 2.25. The molecule has 1 heterocycles. The van der Waals surface area contributed by atoms with Crippen molar-refractivity contribution in [3.8, 4) is 0 Å². The Bertz CT molecular complexity index is 594. The largest absolute Gasteiger partial charge is 0.384 e. The summed E-state index contributed by atoms with van der Waals surface area (Å²) in [7, 11) is -3.33. The van der Waals surface area contributed by atoms with Crippen LogP contribution in [0.5, 0.6) is 0 Å². The lowest BCUT2D eigenvalue weighted by molar-refractivity contribution is 0.312. The van der Waals surface area contributed by atoms with E-state index in [1.165, 1.54) is 6.07 Å². The highest BCUT2D eigenvalue weighted by atomic mass is 32.2. The number of benzene rings is 1. The zero-order chi connectivity index (χ0) is 15.3. The van der Waals surface area contributed by atoms with Gasteiger partial charge in [-0.15, -0.1) is 0 Å². The first kappa shape index (κ1) is 16.3. The highest BCUT2D eigenvalue weighted by Crippen LogP contribution is 2.15. The molecule has 2 rings (SSSR count). The van der Waals surface area contributed by atoms with Crippen LogP contribution in [0.4, 0.5) is 0 Å². The molecular formula is C14H21N3O2S2. The van der Waals surface area contributed by atoms with Gasteiger partial charge in [-0.1, -0.05) is 12.1 Å². The van der Waals surface area contributed by atoms with Crippen molar-refractivity contribution in [2.45, 2.75) is 11.3 Å². The van der Waals surface area contributed by atoms with Crippen molar-refractivity contribution in [1.82, 2.24) is 4.90 Å². The van der Waals surface area contributed by atoms with Crippen LogP contribution in [0.1, 0.15) is 12.0 Å². The molecule has 0 aliphatic carbocycles. The first-order valence-corrected chi connectivity index (χ1v) is 9.77. The van der Waals surface area contributed by atoms with Gasteiger partial charge in [0.25, 0.3) is 0 Å². The maximum absolute atomic E-state index is 12.4. The van der Waals surface area contributed by atoms with Crippen LogP contribution >= 0.6 is 11.8 Å².